The first-order valence-electron chi connectivity index (χ1n) is 6.82. The molecule has 0 bridgehead atoms. The summed E-state index contributed by atoms with van der Waals surface area (Å²) in [5.74, 6) is 0.170. The number of rotatable bonds is 0. The van der Waals surface area contributed by atoms with Gasteiger partial charge < -0.3 is 9.47 Å². The van der Waals surface area contributed by atoms with E-state index in [0.717, 1.165) is 19.5 Å². The average Bonchev–Trinajstić information content (AvgIpc) is 2.63. The summed E-state index contributed by atoms with van der Waals surface area (Å²) < 4.78 is 2.26. The van der Waals surface area contributed by atoms with Gasteiger partial charge in [0.2, 0.25) is 5.91 Å². The molecule has 1 aliphatic rings. The van der Waals surface area contributed by atoms with Crippen LogP contribution in [-0.4, -0.2) is 21.9 Å². The van der Waals surface area contributed by atoms with Gasteiger partial charge in [0.05, 0.1) is 6.54 Å². The third kappa shape index (κ3) is 1.76. The Labute approximate surface area is 113 Å². The molecule has 0 aliphatic carbocycles. The average molecular weight is 256 g/mol. The molecule has 3 heteroatoms. The van der Waals surface area contributed by atoms with Crippen LogP contribution < -0.4 is 0 Å². The van der Waals surface area contributed by atoms with Crippen molar-refractivity contribution in [3.63, 3.8) is 0 Å². The van der Waals surface area contributed by atoms with Crippen molar-refractivity contribution in [1.82, 2.24) is 9.47 Å². The molecule has 0 N–H and O–H groups in total. The maximum Gasteiger partial charge on any atom is 0.219 e. The van der Waals surface area contributed by atoms with E-state index in [2.05, 4.69) is 37.6 Å². The van der Waals surface area contributed by atoms with Crippen molar-refractivity contribution in [2.75, 3.05) is 6.54 Å². The standard InChI is InChI=1S/C16H20N2O/c1-10-7-11(2)16-13-5-6-18(12(3)19)9-15(13)17(4)14(16)8-10/h7-8H,5-6,9H2,1-4H3. The van der Waals surface area contributed by atoms with E-state index in [-0.39, 0.29) is 5.91 Å². The highest BCUT2D eigenvalue weighted by Crippen LogP contribution is 2.32. The van der Waals surface area contributed by atoms with E-state index < -0.39 is 0 Å². The number of amides is 1. The van der Waals surface area contributed by atoms with Gasteiger partial charge in [-0.25, -0.2) is 0 Å². The highest BCUT2D eigenvalue weighted by Gasteiger charge is 2.24. The zero-order chi connectivity index (χ0) is 13.7. The van der Waals surface area contributed by atoms with E-state index in [1.807, 2.05) is 4.90 Å². The van der Waals surface area contributed by atoms with E-state index in [4.69, 9.17) is 0 Å². The van der Waals surface area contributed by atoms with Gasteiger partial charge in [-0.2, -0.15) is 0 Å². The summed E-state index contributed by atoms with van der Waals surface area (Å²) in [6.45, 7) is 7.57. The van der Waals surface area contributed by atoms with Gasteiger partial charge in [0, 0.05) is 37.1 Å². The Bertz CT molecular complexity index is 682. The fourth-order valence-corrected chi connectivity index (χ4v) is 3.34. The van der Waals surface area contributed by atoms with Crippen LogP contribution in [0.2, 0.25) is 0 Å². The van der Waals surface area contributed by atoms with Gasteiger partial charge in [-0.3, -0.25) is 4.79 Å². The first-order chi connectivity index (χ1) is 8.99. The monoisotopic (exact) mass is 256 g/mol. The number of nitrogens with zero attached hydrogens (tertiary/aromatic N) is 2. The van der Waals surface area contributed by atoms with Crippen molar-refractivity contribution >= 4 is 16.8 Å². The van der Waals surface area contributed by atoms with Crippen molar-refractivity contribution in [2.45, 2.75) is 33.7 Å². The Morgan fingerprint density at radius 3 is 2.68 bits per heavy atom. The molecule has 1 amide bonds. The normalized spacial score (nSPS) is 14.8. The van der Waals surface area contributed by atoms with Gasteiger partial charge in [0.15, 0.2) is 0 Å². The number of aryl methyl sites for hydroxylation is 3. The van der Waals surface area contributed by atoms with E-state index in [1.54, 1.807) is 6.92 Å². The Balaban J connectivity index is 2.24. The van der Waals surface area contributed by atoms with Gasteiger partial charge in [-0.15, -0.1) is 0 Å². The second-order valence-corrected chi connectivity index (χ2v) is 5.65. The molecule has 0 saturated carbocycles. The molecular weight excluding hydrogens is 236 g/mol. The molecule has 1 aliphatic heterocycles. The van der Waals surface area contributed by atoms with Crippen LogP contribution in [0.4, 0.5) is 0 Å². The summed E-state index contributed by atoms with van der Waals surface area (Å²) in [6, 6.07) is 4.50. The van der Waals surface area contributed by atoms with Crippen molar-refractivity contribution < 1.29 is 4.79 Å². The second-order valence-electron chi connectivity index (χ2n) is 5.65. The SMILES string of the molecule is CC(=O)N1CCc2c(n(C)c3cc(C)cc(C)c23)C1. The molecule has 3 rings (SSSR count). The molecule has 0 saturated heterocycles. The van der Waals surface area contributed by atoms with Gasteiger partial charge in [-0.05, 0) is 43.0 Å². The molecule has 3 nitrogen and oxygen atoms in total. The summed E-state index contributed by atoms with van der Waals surface area (Å²) in [5, 5.41) is 1.39. The lowest BCUT2D eigenvalue weighted by molar-refractivity contribution is -0.129. The predicted octanol–water partition coefficient (Wildman–Crippen LogP) is 2.70. The van der Waals surface area contributed by atoms with Crippen molar-refractivity contribution in [2.24, 2.45) is 7.05 Å². The molecule has 2 heterocycles. The zero-order valence-corrected chi connectivity index (χ0v) is 12.1. The molecule has 0 atom stereocenters. The molecule has 100 valence electrons. The van der Waals surface area contributed by atoms with Gasteiger partial charge in [0.1, 0.15) is 0 Å². The topological polar surface area (TPSA) is 25.2 Å². The lowest BCUT2D eigenvalue weighted by Gasteiger charge is -2.27. The Hall–Kier alpha value is -1.77. The molecule has 0 radical (unpaired) electrons. The number of carbonyl (C=O) groups is 1. The van der Waals surface area contributed by atoms with Gasteiger partial charge in [0.25, 0.3) is 0 Å². The number of hydrogen-bond donors (Lipinski definition) is 0. The number of carbonyl (C=O) groups excluding carboxylic acids is 1. The maximum atomic E-state index is 11.6. The molecular formula is C16H20N2O. The van der Waals surface area contributed by atoms with Crippen LogP contribution in [0, 0.1) is 13.8 Å². The number of benzene rings is 1. The smallest absolute Gasteiger partial charge is 0.219 e. The number of fused-ring (bicyclic) bond motifs is 3. The fourth-order valence-electron chi connectivity index (χ4n) is 3.34. The minimum absolute atomic E-state index is 0.170. The first-order valence-corrected chi connectivity index (χ1v) is 6.82. The van der Waals surface area contributed by atoms with Crippen LogP contribution in [0.1, 0.15) is 29.3 Å². The quantitative estimate of drug-likeness (QED) is 0.711. The first kappa shape index (κ1) is 12.3. The molecule has 1 aromatic heterocycles. The minimum atomic E-state index is 0.170. The third-order valence-corrected chi connectivity index (χ3v) is 4.29. The fraction of sp³-hybridized carbons (Fsp3) is 0.438. The van der Waals surface area contributed by atoms with E-state index >= 15 is 0 Å². The van der Waals surface area contributed by atoms with E-state index in [9.17, 15) is 4.79 Å². The van der Waals surface area contributed by atoms with Crippen LogP contribution >= 0.6 is 0 Å². The third-order valence-electron chi connectivity index (χ3n) is 4.29. The zero-order valence-electron chi connectivity index (χ0n) is 12.1. The highest BCUT2D eigenvalue weighted by atomic mass is 16.2. The highest BCUT2D eigenvalue weighted by molar-refractivity contribution is 5.90. The maximum absolute atomic E-state index is 11.6. The molecule has 19 heavy (non-hydrogen) atoms. The molecule has 1 aromatic carbocycles. The summed E-state index contributed by atoms with van der Waals surface area (Å²) in [4.78, 5) is 13.5. The number of aromatic nitrogens is 1. The van der Waals surface area contributed by atoms with Crippen LogP contribution in [-0.2, 0) is 24.8 Å². The Morgan fingerprint density at radius 2 is 2.00 bits per heavy atom. The van der Waals surface area contributed by atoms with Crippen LogP contribution in [0.3, 0.4) is 0 Å². The van der Waals surface area contributed by atoms with E-state index in [0.29, 0.717) is 0 Å². The predicted molar refractivity (Wildman–Crippen MR) is 77.2 cm³/mol. The van der Waals surface area contributed by atoms with Crippen molar-refractivity contribution in [3.8, 4) is 0 Å². The Kier molecular flexibility index (Phi) is 2.66. The molecule has 0 fully saturated rings. The van der Waals surface area contributed by atoms with Gasteiger partial charge >= 0.3 is 0 Å². The molecule has 0 spiro atoms. The Morgan fingerprint density at radius 1 is 1.26 bits per heavy atom. The van der Waals surface area contributed by atoms with Crippen molar-refractivity contribution in [1.29, 1.82) is 0 Å². The van der Waals surface area contributed by atoms with Crippen LogP contribution in [0.5, 0.6) is 0 Å². The number of hydrogen-bond acceptors (Lipinski definition) is 1. The van der Waals surface area contributed by atoms with Gasteiger partial charge in [-0.1, -0.05) is 6.07 Å². The lowest BCUT2D eigenvalue weighted by Crippen LogP contribution is -2.34. The van der Waals surface area contributed by atoms with Crippen LogP contribution in [0.25, 0.3) is 10.9 Å². The van der Waals surface area contributed by atoms with E-state index in [1.165, 1.54) is 33.3 Å². The van der Waals surface area contributed by atoms with Crippen molar-refractivity contribution in [3.05, 3.63) is 34.5 Å². The largest absolute Gasteiger partial charge is 0.346 e. The lowest BCUT2D eigenvalue weighted by atomic mass is 9.99. The summed E-state index contributed by atoms with van der Waals surface area (Å²) in [5.41, 5.74) is 6.68. The summed E-state index contributed by atoms with van der Waals surface area (Å²) in [7, 11) is 2.11. The minimum Gasteiger partial charge on any atom is -0.346 e. The second kappa shape index (κ2) is 4.12. The summed E-state index contributed by atoms with van der Waals surface area (Å²) >= 11 is 0. The van der Waals surface area contributed by atoms with Crippen LogP contribution in [0.15, 0.2) is 12.1 Å². The molecule has 0 unspecified atom stereocenters. The molecule has 2 aromatic rings. The summed E-state index contributed by atoms with van der Waals surface area (Å²) in [6.07, 6.45) is 0.968.